The van der Waals surface area contributed by atoms with Crippen LogP contribution in [0, 0.1) is 0 Å². The minimum Gasteiger partial charge on any atom is -0.478 e. The second-order valence-corrected chi connectivity index (χ2v) is 13.1. The van der Waals surface area contributed by atoms with Gasteiger partial charge in [0.1, 0.15) is 11.4 Å². The lowest BCUT2D eigenvalue weighted by atomic mass is 10.0. The predicted octanol–water partition coefficient (Wildman–Crippen LogP) is 7.49. The smallest absolute Gasteiger partial charge is 0.410 e. The number of hydrogen-bond donors (Lipinski definition) is 2. The van der Waals surface area contributed by atoms with Crippen LogP contribution in [0.5, 0.6) is 0 Å². The van der Waals surface area contributed by atoms with Crippen molar-refractivity contribution in [3.05, 3.63) is 113 Å². The van der Waals surface area contributed by atoms with E-state index in [9.17, 15) is 14.7 Å². The van der Waals surface area contributed by atoms with Gasteiger partial charge in [-0.3, -0.25) is 9.67 Å². The van der Waals surface area contributed by atoms with Crippen molar-refractivity contribution in [2.75, 3.05) is 18.4 Å². The Morgan fingerprint density at radius 1 is 1.00 bits per heavy atom. The van der Waals surface area contributed by atoms with Gasteiger partial charge in [-0.15, -0.1) is 5.10 Å². The molecule has 3 aromatic carbocycles. The molecule has 0 aliphatic carbocycles. The van der Waals surface area contributed by atoms with Crippen molar-refractivity contribution in [3.8, 4) is 11.1 Å². The van der Waals surface area contributed by atoms with Gasteiger partial charge in [0.15, 0.2) is 0 Å². The molecule has 250 valence electrons. The fraction of sp³-hybridized carbons (Fsp3) is 0.243. The molecular formula is C37H36ClN7O4. The molecule has 0 bridgehead atoms. The SMILES string of the molecule is CC(C)(C)OC(=O)N(CCc1cn(CCNc2nc3cc(C(=O)O)ccc3c3cnccc23)nn1)Cc1ccc(-c2ccccc2)c(Cl)c1. The fourth-order valence-corrected chi connectivity index (χ4v) is 5.82. The lowest BCUT2D eigenvalue weighted by Gasteiger charge is -2.27. The summed E-state index contributed by atoms with van der Waals surface area (Å²) in [6, 6.07) is 22.5. The summed E-state index contributed by atoms with van der Waals surface area (Å²) in [6.07, 6.45) is 5.36. The van der Waals surface area contributed by atoms with Crippen molar-refractivity contribution >= 4 is 51.2 Å². The van der Waals surface area contributed by atoms with Crippen LogP contribution >= 0.6 is 11.6 Å². The van der Waals surface area contributed by atoms with Gasteiger partial charge < -0.3 is 20.1 Å². The minimum atomic E-state index is -1.01. The third-order valence-corrected chi connectivity index (χ3v) is 8.16. The summed E-state index contributed by atoms with van der Waals surface area (Å²) in [5.74, 6) is -0.389. The van der Waals surface area contributed by atoms with E-state index in [-0.39, 0.29) is 5.56 Å². The number of rotatable bonds is 11. The number of anilines is 1. The number of carbonyl (C=O) groups excluding carboxylic acids is 1. The maximum Gasteiger partial charge on any atom is 0.410 e. The summed E-state index contributed by atoms with van der Waals surface area (Å²) in [5.41, 5.74) is 3.64. The normalized spacial score (nSPS) is 11.5. The molecule has 0 atom stereocenters. The first-order valence-corrected chi connectivity index (χ1v) is 16.3. The van der Waals surface area contributed by atoms with E-state index in [2.05, 4.69) is 20.6 Å². The number of carboxylic acids is 1. The van der Waals surface area contributed by atoms with Crippen molar-refractivity contribution in [2.45, 2.75) is 45.9 Å². The number of amides is 1. The van der Waals surface area contributed by atoms with Gasteiger partial charge in [0.05, 0.1) is 23.3 Å². The summed E-state index contributed by atoms with van der Waals surface area (Å²) in [7, 11) is 0. The summed E-state index contributed by atoms with van der Waals surface area (Å²) < 4.78 is 7.46. The average molecular weight is 678 g/mol. The summed E-state index contributed by atoms with van der Waals surface area (Å²) in [6.45, 7) is 7.19. The second kappa shape index (κ2) is 14.3. The van der Waals surface area contributed by atoms with Crippen molar-refractivity contribution in [3.63, 3.8) is 0 Å². The van der Waals surface area contributed by atoms with Crippen LogP contribution in [0.2, 0.25) is 5.02 Å². The van der Waals surface area contributed by atoms with E-state index in [0.717, 1.165) is 38.5 Å². The molecule has 1 amide bonds. The molecule has 0 saturated heterocycles. The topological polar surface area (TPSA) is 135 Å². The molecule has 0 saturated carbocycles. The molecule has 6 aromatic rings. The van der Waals surface area contributed by atoms with Crippen LogP contribution in [-0.2, 0) is 24.2 Å². The molecule has 0 spiro atoms. The molecule has 0 fully saturated rings. The van der Waals surface area contributed by atoms with E-state index < -0.39 is 17.7 Å². The molecule has 11 nitrogen and oxygen atoms in total. The highest BCUT2D eigenvalue weighted by Crippen LogP contribution is 2.30. The van der Waals surface area contributed by atoms with E-state index in [1.54, 1.807) is 40.2 Å². The van der Waals surface area contributed by atoms with Crippen LogP contribution in [0.1, 0.15) is 42.4 Å². The van der Waals surface area contributed by atoms with Gasteiger partial charge >= 0.3 is 12.1 Å². The number of nitrogens with zero attached hydrogens (tertiary/aromatic N) is 6. The Bertz CT molecular complexity index is 2130. The van der Waals surface area contributed by atoms with Crippen LogP contribution in [0.4, 0.5) is 10.6 Å². The first kappa shape index (κ1) is 33.4. The Morgan fingerprint density at radius 2 is 1.82 bits per heavy atom. The van der Waals surface area contributed by atoms with Gasteiger partial charge in [-0.1, -0.05) is 65.3 Å². The third kappa shape index (κ3) is 8.13. The first-order chi connectivity index (χ1) is 23.5. The molecule has 0 aliphatic rings. The lowest BCUT2D eigenvalue weighted by molar-refractivity contribution is 0.0235. The number of carbonyl (C=O) groups is 2. The Labute approximate surface area is 288 Å². The molecule has 3 heterocycles. The quantitative estimate of drug-likeness (QED) is 0.134. The Kier molecular flexibility index (Phi) is 9.72. The number of fused-ring (bicyclic) bond motifs is 3. The van der Waals surface area contributed by atoms with E-state index in [1.807, 2.05) is 81.6 Å². The Morgan fingerprint density at radius 3 is 2.57 bits per heavy atom. The highest BCUT2D eigenvalue weighted by atomic mass is 35.5. The van der Waals surface area contributed by atoms with Gasteiger partial charge in [0, 0.05) is 71.4 Å². The zero-order chi connectivity index (χ0) is 34.5. The Hall–Kier alpha value is -5.55. The van der Waals surface area contributed by atoms with Crippen molar-refractivity contribution in [1.29, 1.82) is 0 Å². The second-order valence-electron chi connectivity index (χ2n) is 12.7. The molecule has 0 unspecified atom stereocenters. The zero-order valence-corrected chi connectivity index (χ0v) is 28.2. The molecule has 0 radical (unpaired) electrons. The van der Waals surface area contributed by atoms with Gasteiger partial charge in [-0.25, -0.2) is 14.6 Å². The van der Waals surface area contributed by atoms with Gasteiger partial charge in [0.25, 0.3) is 0 Å². The molecule has 49 heavy (non-hydrogen) atoms. The largest absolute Gasteiger partial charge is 0.478 e. The van der Waals surface area contributed by atoms with Crippen LogP contribution in [-0.4, -0.2) is 65.7 Å². The molecule has 6 rings (SSSR count). The van der Waals surface area contributed by atoms with Crippen LogP contribution in [0.15, 0.2) is 91.4 Å². The van der Waals surface area contributed by atoms with Gasteiger partial charge in [0.2, 0.25) is 0 Å². The van der Waals surface area contributed by atoms with Crippen LogP contribution < -0.4 is 5.32 Å². The number of pyridine rings is 2. The maximum atomic E-state index is 13.2. The Balaban J connectivity index is 1.12. The monoisotopic (exact) mass is 677 g/mol. The fourth-order valence-electron chi connectivity index (χ4n) is 5.51. The van der Waals surface area contributed by atoms with Gasteiger partial charge in [-0.05, 0) is 56.2 Å². The average Bonchev–Trinajstić information content (AvgIpc) is 3.53. The highest BCUT2D eigenvalue weighted by molar-refractivity contribution is 6.33. The standard InChI is InChI=1S/C37H36ClN7O4/c1-37(2,3)49-36(48)44(22-24-9-11-28(32(38)19-24)25-7-5-4-6-8-25)17-14-27-23-45(43-42-27)18-16-40-34-30-13-15-39-21-31(30)29-12-10-26(35(46)47)20-33(29)41-34/h4-13,15,19-21,23H,14,16-18,22H2,1-3H3,(H,40,41)(H,46,47). The molecular weight excluding hydrogens is 642 g/mol. The lowest BCUT2D eigenvalue weighted by Crippen LogP contribution is -2.37. The number of carboxylic acid groups (broad SMARTS) is 1. The van der Waals surface area contributed by atoms with Crippen LogP contribution in [0.25, 0.3) is 32.8 Å². The van der Waals surface area contributed by atoms with Crippen molar-refractivity contribution in [2.24, 2.45) is 0 Å². The molecule has 0 aliphatic heterocycles. The first-order valence-electron chi connectivity index (χ1n) is 15.9. The zero-order valence-electron chi connectivity index (χ0n) is 27.4. The number of aromatic carboxylic acids is 1. The highest BCUT2D eigenvalue weighted by Gasteiger charge is 2.23. The number of benzene rings is 3. The summed E-state index contributed by atoms with van der Waals surface area (Å²) in [4.78, 5) is 35.4. The predicted molar refractivity (Wildman–Crippen MR) is 190 cm³/mol. The van der Waals surface area contributed by atoms with Crippen LogP contribution in [0.3, 0.4) is 0 Å². The van der Waals surface area contributed by atoms with E-state index in [1.165, 1.54) is 0 Å². The van der Waals surface area contributed by atoms with Gasteiger partial charge in [-0.2, -0.15) is 0 Å². The summed E-state index contributed by atoms with van der Waals surface area (Å²) >= 11 is 6.67. The minimum absolute atomic E-state index is 0.166. The third-order valence-electron chi connectivity index (χ3n) is 7.84. The number of halogens is 1. The number of aromatic nitrogens is 5. The van der Waals surface area contributed by atoms with E-state index in [4.69, 9.17) is 21.3 Å². The summed E-state index contributed by atoms with van der Waals surface area (Å²) in [5, 5.41) is 24.6. The van der Waals surface area contributed by atoms with E-state index >= 15 is 0 Å². The number of nitrogens with one attached hydrogen (secondary N) is 1. The van der Waals surface area contributed by atoms with Crippen molar-refractivity contribution < 1.29 is 19.4 Å². The molecule has 12 heteroatoms. The number of hydrogen-bond acceptors (Lipinski definition) is 8. The van der Waals surface area contributed by atoms with E-state index in [0.29, 0.717) is 49.0 Å². The number of ether oxygens (including phenoxy) is 1. The molecule has 2 N–H and O–H groups in total. The van der Waals surface area contributed by atoms with Crippen molar-refractivity contribution in [1.82, 2.24) is 29.9 Å². The maximum absolute atomic E-state index is 13.2. The molecule has 3 aromatic heterocycles.